The lowest BCUT2D eigenvalue weighted by Crippen LogP contribution is -2.47. The highest BCUT2D eigenvalue weighted by Gasteiger charge is 2.39. The molecule has 1 aliphatic rings. The molecule has 2 atom stereocenters. The lowest BCUT2D eigenvalue weighted by atomic mass is 10.0. The quantitative estimate of drug-likeness (QED) is 0.856. The van der Waals surface area contributed by atoms with E-state index in [4.69, 9.17) is 0 Å². The van der Waals surface area contributed by atoms with Crippen molar-refractivity contribution in [2.24, 2.45) is 5.92 Å². The van der Waals surface area contributed by atoms with Gasteiger partial charge in [-0.15, -0.1) is 0 Å². The third-order valence-electron chi connectivity index (χ3n) is 3.71. The SMILES string of the molecule is CC1CCN(C(=O)CNC(=O)c2ccccc2)C1C(=O)O. The van der Waals surface area contributed by atoms with Crippen molar-refractivity contribution in [1.29, 1.82) is 0 Å². The summed E-state index contributed by atoms with van der Waals surface area (Å²) in [5.74, 6) is -1.78. The van der Waals surface area contributed by atoms with E-state index in [1.165, 1.54) is 4.90 Å². The van der Waals surface area contributed by atoms with E-state index in [-0.39, 0.29) is 24.3 Å². The largest absolute Gasteiger partial charge is 0.480 e. The second kappa shape index (κ2) is 6.39. The highest BCUT2D eigenvalue weighted by Crippen LogP contribution is 2.23. The number of hydrogen-bond acceptors (Lipinski definition) is 3. The molecule has 0 aromatic heterocycles. The number of nitrogens with one attached hydrogen (secondary N) is 1. The summed E-state index contributed by atoms with van der Waals surface area (Å²) in [6.45, 7) is 2.04. The molecular formula is C15H18N2O4. The van der Waals surface area contributed by atoms with E-state index in [1.807, 2.05) is 6.92 Å². The van der Waals surface area contributed by atoms with Gasteiger partial charge in [0.05, 0.1) is 6.54 Å². The summed E-state index contributed by atoms with van der Waals surface area (Å²) in [6, 6.07) is 7.77. The zero-order valence-electron chi connectivity index (χ0n) is 11.8. The normalized spacial score (nSPS) is 21.1. The van der Waals surface area contributed by atoms with Crippen molar-refractivity contribution >= 4 is 17.8 Å². The molecule has 0 spiro atoms. The molecule has 6 nitrogen and oxygen atoms in total. The Morgan fingerprint density at radius 2 is 1.95 bits per heavy atom. The van der Waals surface area contributed by atoms with Gasteiger partial charge in [0.2, 0.25) is 5.91 Å². The van der Waals surface area contributed by atoms with Gasteiger partial charge >= 0.3 is 5.97 Å². The third-order valence-corrected chi connectivity index (χ3v) is 3.71. The Kier molecular flexibility index (Phi) is 4.57. The summed E-state index contributed by atoms with van der Waals surface area (Å²) in [4.78, 5) is 36.5. The predicted molar refractivity (Wildman–Crippen MR) is 75.7 cm³/mol. The van der Waals surface area contributed by atoms with Crippen molar-refractivity contribution in [3.8, 4) is 0 Å². The molecular weight excluding hydrogens is 272 g/mol. The second-order valence-electron chi connectivity index (χ2n) is 5.18. The Labute approximate surface area is 122 Å². The number of rotatable bonds is 4. The minimum absolute atomic E-state index is 0.0729. The first kappa shape index (κ1) is 15.0. The summed E-state index contributed by atoms with van der Waals surface area (Å²) < 4.78 is 0. The molecule has 21 heavy (non-hydrogen) atoms. The average molecular weight is 290 g/mol. The predicted octanol–water partition coefficient (Wildman–Crippen LogP) is 0.738. The van der Waals surface area contributed by atoms with E-state index >= 15 is 0 Å². The molecule has 2 rings (SSSR count). The maximum Gasteiger partial charge on any atom is 0.326 e. The number of likely N-dealkylation sites (tertiary alicyclic amines) is 1. The van der Waals surface area contributed by atoms with Crippen LogP contribution in [0.15, 0.2) is 30.3 Å². The molecule has 1 heterocycles. The van der Waals surface area contributed by atoms with Crippen LogP contribution in [0.3, 0.4) is 0 Å². The Balaban J connectivity index is 1.93. The van der Waals surface area contributed by atoms with E-state index in [0.29, 0.717) is 18.5 Å². The topological polar surface area (TPSA) is 86.7 Å². The Morgan fingerprint density at radius 3 is 2.57 bits per heavy atom. The highest BCUT2D eigenvalue weighted by atomic mass is 16.4. The zero-order valence-corrected chi connectivity index (χ0v) is 11.8. The van der Waals surface area contributed by atoms with Crippen molar-refractivity contribution in [1.82, 2.24) is 10.2 Å². The van der Waals surface area contributed by atoms with Crippen LogP contribution in [-0.4, -0.2) is 46.9 Å². The van der Waals surface area contributed by atoms with Crippen LogP contribution < -0.4 is 5.32 Å². The van der Waals surface area contributed by atoms with Crippen molar-refractivity contribution in [2.75, 3.05) is 13.1 Å². The third kappa shape index (κ3) is 3.39. The Hall–Kier alpha value is -2.37. The number of nitrogens with zero attached hydrogens (tertiary/aromatic N) is 1. The Bertz CT molecular complexity index is 544. The zero-order chi connectivity index (χ0) is 15.4. The molecule has 1 aromatic carbocycles. The second-order valence-corrected chi connectivity index (χ2v) is 5.18. The fourth-order valence-corrected chi connectivity index (χ4v) is 2.55. The van der Waals surface area contributed by atoms with Crippen molar-refractivity contribution < 1.29 is 19.5 Å². The molecule has 2 N–H and O–H groups in total. The molecule has 1 aromatic rings. The lowest BCUT2D eigenvalue weighted by molar-refractivity contribution is -0.149. The number of hydrogen-bond donors (Lipinski definition) is 2. The van der Waals surface area contributed by atoms with Crippen LogP contribution in [0.4, 0.5) is 0 Å². The molecule has 1 aliphatic heterocycles. The van der Waals surface area contributed by atoms with Gasteiger partial charge in [-0.2, -0.15) is 0 Å². The monoisotopic (exact) mass is 290 g/mol. The molecule has 0 radical (unpaired) electrons. The number of carbonyl (C=O) groups is 3. The van der Waals surface area contributed by atoms with Gasteiger partial charge in [0.1, 0.15) is 6.04 Å². The standard InChI is InChI=1S/C15H18N2O4/c1-10-7-8-17(13(10)15(20)21)12(18)9-16-14(19)11-5-3-2-4-6-11/h2-6,10,13H,7-9H2,1H3,(H,16,19)(H,20,21). The van der Waals surface area contributed by atoms with E-state index in [0.717, 1.165) is 0 Å². The van der Waals surface area contributed by atoms with E-state index < -0.39 is 12.0 Å². The maximum absolute atomic E-state index is 12.1. The van der Waals surface area contributed by atoms with Crippen LogP contribution in [0, 0.1) is 5.92 Å². The molecule has 6 heteroatoms. The molecule has 1 saturated heterocycles. The van der Waals surface area contributed by atoms with Crippen molar-refractivity contribution in [3.05, 3.63) is 35.9 Å². The fourth-order valence-electron chi connectivity index (χ4n) is 2.55. The van der Waals surface area contributed by atoms with Crippen LogP contribution in [0.5, 0.6) is 0 Å². The number of amides is 2. The lowest BCUT2D eigenvalue weighted by Gasteiger charge is -2.23. The molecule has 2 amide bonds. The first-order valence-corrected chi connectivity index (χ1v) is 6.86. The molecule has 0 saturated carbocycles. The minimum Gasteiger partial charge on any atom is -0.480 e. The van der Waals surface area contributed by atoms with Crippen molar-refractivity contribution in [3.63, 3.8) is 0 Å². The molecule has 2 unspecified atom stereocenters. The summed E-state index contributed by atoms with van der Waals surface area (Å²) >= 11 is 0. The number of aliphatic carboxylic acids is 1. The van der Waals surface area contributed by atoms with Crippen LogP contribution in [0.2, 0.25) is 0 Å². The molecule has 1 fully saturated rings. The first-order chi connectivity index (χ1) is 10.0. The van der Waals surface area contributed by atoms with Crippen LogP contribution in [0.1, 0.15) is 23.7 Å². The van der Waals surface area contributed by atoms with Gasteiger partial charge in [-0.1, -0.05) is 25.1 Å². The summed E-state index contributed by atoms with van der Waals surface area (Å²) in [7, 11) is 0. The van der Waals surface area contributed by atoms with Crippen LogP contribution >= 0.6 is 0 Å². The molecule has 112 valence electrons. The molecule has 0 aliphatic carbocycles. The maximum atomic E-state index is 12.1. The van der Waals surface area contributed by atoms with E-state index in [1.54, 1.807) is 30.3 Å². The van der Waals surface area contributed by atoms with Crippen LogP contribution in [-0.2, 0) is 9.59 Å². The Morgan fingerprint density at radius 1 is 1.29 bits per heavy atom. The van der Waals surface area contributed by atoms with Gasteiger partial charge in [0, 0.05) is 12.1 Å². The number of carbonyl (C=O) groups excluding carboxylic acids is 2. The number of carboxylic acids is 1. The average Bonchev–Trinajstić information content (AvgIpc) is 2.87. The van der Waals surface area contributed by atoms with Gasteiger partial charge in [0.15, 0.2) is 0 Å². The first-order valence-electron chi connectivity index (χ1n) is 6.86. The van der Waals surface area contributed by atoms with Crippen LogP contribution in [0.25, 0.3) is 0 Å². The number of carboxylic acid groups (broad SMARTS) is 1. The van der Waals surface area contributed by atoms with Gasteiger partial charge in [-0.05, 0) is 24.5 Å². The van der Waals surface area contributed by atoms with Gasteiger partial charge in [-0.25, -0.2) is 4.79 Å². The summed E-state index contributed by atoms with van der Waals surface area (Å²) in [5, 5.41) is 11.7. The van der Waals surface area contributed by atoms with Gasteiger partial charge in [-0.3, -0.25) is 9.59 Å². The summed E-state index contributed by atoms with van der Waals surface area (Å²) in [5.41, 5.74) is 0.467. The minimum atomic E-state index is -0.997. The van der Waals surface area contributed by atoms with Gasteiger partial charge < -0.3 is 15.3 Å². The fraction of sp³-hybridized carbons (Fsp3) is 0.400. The molecule has 0 bridgehead atoms. The smallest absolute Gasteiger partial charge is 0.326 e. The van der Waals surface area contributed by atoms with Gasteiger partial charge in [0.25, 0.3) is 5.91 Å². The van der Waals surface area contributed by atoms with Crippen molar-refractivity contribution in [2.45, 2.75) is 19.4 Å². The summed E-state index contributed by atoms with van der Waals surface area (Å²) in [6.07, 6.45) is 0.662. The van der Waals surface area contributed by atoms with E-state index in [2.05, 4.69) is 5.32 Å². The number of benzene rings is 1. The highest BCUT2D eigenvalue weighted by molar-refractivity contribution is 5.96. The van der Waals surface area contributed by atoms with E-state index in [9.17, 15) is 19.5 Å².